The number of hydrogen-bond acceptors (Lipinski definition) is 10. The van der Waals surface area contributed by atoms with E-state index in [0.717, 1.165) is 50.0 Å². The Morgan fingerprint density at radius 1 is 1.16 bits per heavy atom. The number of pyridine rings is 1. The van der Waals surface area contributed by atoms with Crippen molar-refractivity contribution >= 4 is 23.4 Å². The highest BCUT2D eigenvalue weighted by Crippen LogP contribution is 2.59. The van der Waals surface area contributed by atoms with Gasteiger partial charge >= 0.3 is 5.97 Å². The predicted octanol–water partition coefficient (Wildman–Crippen LogP) is 4.64. The number of carbonyl (C=O) groups excluding carboxylic acids is 3. The Labute approximate surface area is 293 Å². The highest BCUT2D eigenvalue weighted by molar-refractivity contribution is 6.32. The summed E-state index contributed by atoms with van der Waals surface area (Å²) in [5.74, 6) is -0.523. The Kier molecular flexibility index (Phi) is 9.64. The second-order valence-electron chi connectivity index (χ2n) is 14.4. The molecule has 7 rings (SSSR count). The molecule has 10 heteroatoms. The number of anilines is 1. The second kappa shape index (κ2) is 14.0. The van der Waals surface area contributed by atoms with Crippen molar-refractivity contribution in [2.45, 2.75) is 88.6 Å². The number of rotatable bonds is 12. The van der Waals surface area contributed by atoms with Crippen molar-refractivity contribution in [3.8, 4) is 0 Å². The number of hydrogen-bond donors (Lipinski definition) is 4. The maximum absolute atomic E-state index is 14.3. The van der Waals surface area contributed by atoms with Crippen LogP contribution < -0.4 is 16.0 Å². The summed E-state index contributed by atoms with van der Waals surface area (Å²) >= 11 is 0. The summed E-state index contributed by atoms with van der Waals surface area (Å²) in [5, 5.41) is 20.9. The lowest BCUT2D eigenvalue weighted by Crippen LogP contribution is -2.51. The van der Waals surface area contributed by atoms with Crippen LogP contribution in [0.3, 0.4) is 0 Å². The van der Waals surface area contributed by atoms with Crippen LogP contribution in [-0.2, 0) is 27.1 Å². The molecule has 1 fully saturated rings. The van der Waals surface area contributed by atoms with Crippen molar-refractivity contribution in [3.05, 3.63) is 93.7 Å². The number of Topliss-reactive ketones (excluding diaryl/α,β-unsaturated/α-hetero) is 2. The van der Waals surface area contributed by atoms with Gasteiger partial charge in [-0.3, -0.25) is 9.59 Å². The molecule has 10 nitrogen and oxygen atoms in total. The van der Waals surface area contributed by atoms with Crippen LogP contribution in [0, 0.1) is 11.8 Å². The maximum atomic E-state index is 14.3. The minimum absolute atomic E-state index is 0.0128. The summed E-state index contributed by atoms with van der Waals surface area (Å²) in [6.07, 6.45) is 14.7. The molecule has 3 aliphatic carbocycles. The van der Waals surface area contributed by atoms with Gasteiger partial charge in [-0.05, 0) is 99.7 Å². The minimum atomic E-state index is -2.09. The molecule has 3 heterocycles. The molecule has 5 aliphatic rings. The first-order chi connectivity index (χ1) is 24.3. The van der Waals surface area contributed by atoms with Crippen LogP contribution in [0.25, 0.3) is 0 Å². The largest absolute Gasteiger partial charge is 0.463 e. The monoisotopic (exact) mass is 680 g/mol. The Hall–Kier alpha value is -3.96. The topological polar surface area (TPSA) is 142 Å². The zero-order valence-corrected chi connectivity index (χ0v) is 29.2. The predicted molar refractivity (Wildman–Crippen MR) is 190 cm³/mol. The van der Waals surface area contributed by atoms with E-state index in [-0.39, 0.29) is 48.9 Å². The number of esters is 1. The van der Waals surface area contributed by atoms with Crippen molar-refractivity contribution in [1.29, 1.82) is 0 Å². The van der Waals surface area contributed by atoms with Crippen molar-refractivity contribution in [2.24, 2.45) is 11.8 Å². The van der Waals surface area contributed by atoms with Gasteiger partial charge < -0.3 is 30.5 Å². The van der Waals surface area contributed by atoms with Crippen LogP contribution in [0.1, 0.15) is 84.2 Å². The normalized spacial score (nSPS) is 29.8. The van der Waals surface area contributed by atoms with Gasteiger partial charge in [0.25, 0.3) is 5.60 Å². The number of carbonyl (C=O) groups is 3. The van der Waals surface area contributed by atoms with Gasteiger partial charge in [0.2, 0.25) is 5.78 Å². The number of allylic oxidation sites excluding steroid dienone is 4. The number of aliphatic hydroxyl groups excluding tert-OH is 1. The molecule has 0 spiro atoms. The van der Waals surface area contributed by atoms with Gasteiger partial charge in [-0.15, -0.1) is 0 Å². The summed E-state index contributed by atoms with van der Waals surface area (Å²) in [6.45, 7) is 4.52. The second-order valence-corrected chi connectivity index (χ2v) is 14.4. The molecule has 2 aliphatic heterocycles. The van der Waals surface area contributed by atoms with E-state index in [0.29, 0.717) is 24.3 Å². The van der Waals surface area contributed by atoms with Crippen molar-refractivity contribution in [3.63, 3.8) is 0 Å². The summed E-state index contributed by atoms with van der Waals surface area (Å²) in [6, 6.07) is 8.61. The molecule has 0 saturated carbocycles. The zero-order chi connectivity index (χ0) is 35.0. The number of fused-ring (bicyclic) bond motifs is 4. The SMILES string of the molecule is CCNC1C=C2C=CCCC2CC1COC(=O)C12OC1(CC(CO)=C(C)CCc1ccnc3c1CCC(NC)N3)C(=O)c1ccccc1C2=O. The first-order valence-corrected chi connectivity index (χ1v) is 18.1. The molecule has 6 atom stereocenters. The van der Waals surface area contributed by atoms with E-state index < -0.39 is 28.7 Å². The molecular formula is C40H48N4O6. The quantitative estimate of drug-likeness (QED) is 0.108. The molecule has 0 amide bonds. The molecule has 1 saturated heterocycles. The van der Waals surface area contributed by atoms with Gasteiger partial charge in [0.05, 0.1) is 19.4 Å². The molecule has 1 aromatic carbocycles. The van der Waals surface area contributed by atoms with Gasteiger partial charge in [0.15, 0.2) is 11.4 Å². The average Bonchev–Trinajstić information content (AvgIpc) is 3.85. The average molecular weight is 681 g/mol. The molecule has 0 bridgehead atoms. The fraction of sp³-hybridized carbons (Fsp3) is 0.500. The third-order valence-electron chi connectivity index (χ3n) is 11.6. The molecule has 6 unspecified atom stereocenters. The Morgan fingerprint density at radius 2 is 1.96 bits per heavy atom. The standard InChI is InChI=1S/C40H48N4O6/c1-4-42-33-20-27-10-6-5-9-26(27)19-28(33)23-49-38(48)40-36(47)32-12-8-7-11-31(32)35(46)39(40,50-40)21-29(22-45)24(2)13-14-25-17-18-43-37-30(25)15-16-34(41-3)44-37/h6-8,10-12,17-18,20,26,28,33-34,41-42,45H,4-5,9,13-16,19,21-23H2,1-3H3,(H,43,44). The van der Waals surface area contributed by atoms with Gasteiger partial charge in [-0.1, -0.05) is 55.0 Å². The zero-order valence-electron chi connectivity index (χ0n) is 29.2. The van der Waals surface area contributed by atoms with E-state index in [1.807, 2.05) is 20.0 Å². The Bertz CT molecular complexity index is 1780. The number of nitrogens with one attached hydrogen (secondary N) is 3. The molecular weight excluding hydrogens is 632 g/mol. The van der Waals surface area contributed by atoms with Crippen LogP contribution in [-0.4, -0.2) is 77.8 Å². The van der Waals surface area contributed by atoms with Crippen LogP contribution in [0.5, 0.6) is 0 Å². The lowest BCUT2D eigenvalue weighted by Gasteiger charge is -2.36. The minimum Gasteiger partial charge on any atom is -0.463 e. The van der Waals surface area contributed by atoms with Crippen LogP contribution in [0.2, 0.25) is 0 Å². The summed E-state index contributed by atoms with van der Waals surface area (Å²) in [4.78, 5) is 47.2. The van der Waals surface area contributed by atoms with Gasteiger partial charge in [0.1, 0.15) is 5.82 Å². The Morgan fingerprint density at radius 3 is 2.72 bits per heavy atom. The number of aliphatic hydroxyl groups is 1. The van der Waals surface area contributed by atoms with E-state index in [1.54, 1.807) is 30.5 Å². The van der Waals surface area contributed by atoms with Gasteiger partial charge in [0, 0.05) is 35.7 Å². The summed E-state index contributed by atoms with van der Waals surface area (Å²) in [7, 11) is 1.93. The van der Waals surface area contributed by atoms with E-state index >= 15 is 0 Å². The van der Waals surface area contributed by atoms with Crippen molar-refractivity contribution in [2.75, 3.05) is 32.1 Å². The number of benzene rings is 1. The number of aryl methyl sites for hydroxylation is 1. The molecule has 0 radical (unpaired) electrons. The van der Waals surface area contributed by atoms with E-state index in [2.05, 4.69) is 46.1 Å². The van der Waals surface area contributed by atoms with Gasteiger partial charge in [-0.25, -0.2) is 9.78 Å². The van der Waals surface area contributed by atoms with Crippen molar-refractivity contribution < 1.29 is 29.0 Å². The third-order valence-corrected chi connectivity index (χ3v) is 11.6. The third kappa shape index (κ3) is 5.86. The van der Waals surface area contributed by atoms with Crippen molar-refractivity contribution in [1.82, 2.24) is 15.6 Å². The van der Waals surface area contributed by atoms with E-state index in [4.69, 9.17) is 9.47 Å². The number of likely N-dealkylation sites (N-methyl/N-ethyl adjacent to an activating group) is 1. The van der Waals surface area contributed by atoms with E-state index in [9.17, 15) is 19.5 Å². The van der Waals surface area contributed by atoms with E-state index in [1.165, 1.54) is 16.7 Å². The van der Waals surface area contributed by atoms with Crippen LogP contribution in [0.15, 0.2) is 71.5 Å². The number of nitrogens with zero attached hydrogens (tertiary/aromatic N) is 1. The molecule has 2 aromatic rings. The summed E-state index contributed by atoms with van der Waals surface area (Å²) in [5.41, 5.74) is 1.69. The lowest BCUT2D eigenvalue weighted by atomic mass is 9.71. The Balaban J connectivity index is 1.13. The fourth-order valence-electron chi connectivity index (χ4n) is 8.59. The number of ether oxygens (including phenoxy) is 2. The lowest BCUT2D eigenvalue weighted by molar-refractivity contribution is -0.150. The smallest absolute Gasteiger partial charge is 0.350 e. The van der Waals surface area contributed by atoms with Gasteiger partial charge in [-0.2, -0.15) is 0 Å². The number of ketones is 2. The summed E-state index contributed by atoms with van der Waals surface area (Å²) < 4.78 is 12.2. The molecule has 4 N–H and O–H groups in total. The fourth-order valence-corrected chi connectivity index (χ4v) is 8.59. The first-order valence-electron chi connectivity index (χ1n) is 18.1. The van der Waals surface area contributed by atoms with Crippen LogP contribution >= 0.6 is 0 Å². The highest BCUT2D eigenvalue weighted by atomic mass is 16.7. The molecule has 50 heavy (non-hydrogen) atoms. The maximum Gasteiger partial charge on any atom is 0.350 e. The number of epoxide rings is 1. The highest BCUT2D eigenvalue weighted by Gasteiger charge is 2.85. The first kappa shape index (κ1) is 34.5. The van der Waals surface area contributed by atoms with Crippen LogP contribution in [0.4, 0.5) is 5.82 Å². The molecule has 264 valence electrons. The molecule has 1 aromatic heterocycles. The number of aromatic nitrogens is 1.